The third-order valence-electron chi connectivity index (χ3n) is 2.18. The van der Waals surface area contributed by atoms with Crippen LogP contribution in [0.5, 0.6) is 11.5 Å². The van der Waals surface area contributed by atoms with E-state index in [1.807, 2.05) is 0 Å². The number of methoxy groups -OCH3 is 2. The SMILES string of the molecule is COc1cccc(OC)c1CC(Br)C(=O)O. The Labute approximate surface area is 102 Å². The van der Waals surface area contributed by atoms with E-state index < -0.39 is 10.8 Å². The van der Waals surface area contributed by atoms with Crippen LogP contribution in [0, 0.1) is 0 Å². The number of carbonyl (C=O) groups is 1. The molecule has 0 aliphatic rings. The van der Waals surface area contributed by atoms with E-state index in [9.17, 15) is 4.79 Å². The fourth-order valence-electron chi connectivity index (χ4n) is 1.40. The van der Waals surface area contributed by atoms with E-state index in [-0.39, 0.29) is 0 Å². The van der Waals surface area contributed by atoms with Gasteiger partial charge in [-0.25, -0.2) is 0 Å². The molecule has 4 nitrogen and oxygen atoms in total. The summed E-state index contributed by atoms with van der Waals surface area (Å²) in [4.78, 5) is 10.1. The Bertz CT molecular complexity index is 356. The highest BCUT2D eigenvalue weighted by atomic mass is 79.9. The molecule has 0 heterocycles. The highest BCUT2D eigenvalue weighted by Crippen LogP contribution is 2.30. The highest BCUT2D eigenvalue weighted by molar-refractivity contribution is 9.10. The van der Waals surface area contributed by atoms with Gasteiger partial charge in [0, 0.05) is 12.0 Å². The Morgan fingerprint density at radius 1 is 1.38 bits per heavy atom. The maximum atomic E-state index is 10.8. The summed E-state index contributed by atoms with van der Waals surface area (Å²) in [5, 5.41) is 8.84. The van der Waals surface area contributed by atoms with Gasteiger partial charge in [-0.05, 0) is 12.1 Å². The second-order valence-electron chi connectivity index (χ2n) is 3.15. The Balaban J connectivity index is 3.04. The van der Waals surface area contributed by atoms with Crippen LogP contribution in [-0.2, 0) is 11.2 Å². The van der Waals surface area contributed by atoms with Crippen molar-refractivity contribution in [3.63, 3.8) is 0 Å². The predicted molar refractivity (Wildman–Crippen MR) is 63.6 cm³/mol. The van der Waals surface area contributed by atoms with Gasteiger partial charge in [0.15, 0.2) is 0 Å². The normalized spacial score (nSPS) is 11.9. The van der Waals surface area contributed by atoms with Crippen LogP contribution in [0.3, 0.4) is 0 Å². The molecular formula is C11H13BrO4. The summed E-state index contributed by atoms with van der Waals surface area (Å²) in [6.07, 6.45) is 0.308. The molecule has 0 saturated heterocycles. The maximum Gasteiger partial charge on any atom is 0.317 e. The zero-order chi connectivity index (χ0) is 12.1. The number of ether oxygens (including phenoxy) is 2. The van der Waals surface area contributed by atoms with Gasteiger partial charge in [-0.2, -0.15) is 0 Å². The van der Waals surface area contributed by atoms with Gasteiger partial charge in [0.1, 0.15) is 16.3 Å². The number of hydrogen-bond acceptors (Lipinski definition) is 3. The summed E-state index contributed by atoms with van der Waals surface area (Å²) < 4.78 is 10.3. The number of hydrogen-bond donors (Lipinski definition) is 1. The monoisotopic (exact) mass is 288 g/mol. The Morgan fingerprint density at radius 3 is 2.25 bits per heavy atom. The predicted octanol–water partition coefficient (Wildman–Crippen LogP) is 2.09. The second kappa shape index (κ2) is 5.75. The molecule has 1 aromatic carbocycles. The summed E-state index contributed by atoms with van der Waals surface area (Å²) in [5.74, 6) is 0.350. The number of alkyl halides is 1. The van der Waals surface area contributed by atoms with Crippen molar-refractivity contribution in [1.82, 2.24) is 0 Å². The molecule has 5 heteroatoms. The van der Waals surface area contributed by atoms with Gasteiger partial charge in [0.25, 0.3) is 0 Å². The van der Waals surface area contributed by atoms with Crippen LogP contribution in [0.25, 0.3) is 0 Å². The molecule has 1 atom stereocenters. The number of aliphatic carboxylic acids is 1. The topological polar surface area (TPSA) is 55.8 Å². The zero-order valence-corrected chi connectivity index (χ0v) is 10.7. The van der Waals surface area contributed by atoms with E-state index >= 15 is 0 Å². The summed E-state index contributed by atoms with van der Waals surface area (Å²) >= 11 is 3.09. The number of rotatable bonds is 5. The van der Waals surface area contributed by atoms with E-state index in [2.05, 4.69) is 15.9 Å². The molecule has 0 aromatic heterocycles. The molecule has 0 fully saturated rings. The molecule has 1 rings (SSSR count). The summed E-state index contributed by atoms with van der Waals surface area (Å²) in [7, 11) is 3.09. The molecule has 0 spiro atoms. The number of benzene rings is 1. The van der Waals surface area contributed by atoms with E-state index in [0.29, 0.717) is 17.9 Å². The average molecular weight is 289 g/mol. The van der Waals surface area contributed by atoms with Crippen molar-refractivity contribution in [2.75, 3.05) is 14.2 Å². The van der Waals surface area contributed by atoms with Crippen LogP contribution in [0.1, 0.15) is 5.56 Å². The van der Waals surface area contributed by atoms with E-state index in [1.165, 1.54) is 0 Å². The second-order valence-corrected chi connectivity index (χ2v) is 4.26. The van der Waals surface area contributed by atoms with Crippen molar-refractivity contribution in [2.24, 2.45) is 0 Å². The van der Waals surface area contributed by atoms with E-state index in [4.69, 9.17) is 14.6 Å². The first kappa shape index (κ1) is 12.8. The minimum atomic E-state index is -0.909. The zero-order valence-electron chi connectivity index (χ0n) is 9.07. The molecular weight excluding hydrogens is 276 g/mol. The molecule has 0 amide bonds. The molecule has 0 saturated carbocycles. The van der Waals surface area contributed by atoms with Gasteiger partial charge in [0.2, 0.25) is 0 Å². The van der Waals surface area contributed by atoms with Crippen molar-refractivity contribution < 1.29 is 19.4 Å². The lowest BCUT2D eigenvalue weighted by molar-refractivity contribution is -0.136. The van der Waals surface area contributed by atoms with Crippen molar-refractivity contribution >= 4 is 21.9 Å². The van der Waals surface area contributed by atoms with Gasteiger partial charge >= 0.3 is 5.97 Å². The molecule has 0 aliphatic carbocycles. The third-order valence-corrected chi connectivity index (χ3v) is 2.90. The molecule has 1 aromatic rings. The van der Waals surface area contributed by atoms with E-state index in [0.717, 1.165) is 5.56 Å². The van der Waals surface area contributed by atoms with Crippen molar-refractivity contribution in [1.29, 1.82) is 0 Å². The lowest BCUT2D eigenvalue weighted by atomic mass is 10.1. The lowest BCUT2D eigenvalue weighted by Crippen LogP contribution is -2.16. The smallest absolute Gasteiger partial charge is 0.317 e. The quantitative estimate of drug-likeness (QED) is 0.843. The molecule has 16 heavy (non-hydrogen) atoms. The highest BCUT2D eigenvalue weighted by Gasteiger charge is 2.19. The van der Waals surface area contributed by atoms with Crippen LogP contribution in [0.15, 0.2) is 18.2 Å². The van der Waals surface area contributed by atoms with Gasteiger partial charge in [-0.3, -0.25) is 4.79 Å². The van der Waals surface area contributed by atoms with Crippen molar-refractivity contribution in [2.45, 2.75) is 11.2 Å². The molecule has 88 valence electrons. The van der Waals surface area contributed by atoms with Crippen LogP contribution in [-0.4, -0.2) is 30.1 Å². The lowest BCUT2D eigenvalue weighted by Gasteiger charge is -2.13. The van der Waals surface area contributed by atoms with Gasteiger partial charge in [0.05, 0.1) is 14.2 Å². The first-order valence-corrected chi connectivity index (χ1v) is 5.58. The standard InChI is InChI=1S/C11H13BrO4/c1-15-9-4-3-5-10(16-2)7(9)6-8(12)11(13)14/h3-5,8H,6H2,1-2H3,(H,13,14). The molecule has 1 N–H and O–H groups in total. The van der Waals surface area contributed by atoms with Crippen LogP contribution in [0.4, 0.5) is 0 Å². The molecule has 0 radical (unpaired) electrons. The average Bonchev–Trinajstić information content (AvgIpc) is 2.29. The first-order chi connectivity index (χ1) is 7.60. The Hall–Kier alpha value is -1.23. The third kappa shape index (κ3) is 2.88. The minimum absolute atomic E-state index is 0.308. The van der Waals surface area contributed by atoms with Crippen LogP contribution in [0.2, 0.25) is 0 Å². The Kier molecular flexibility index (Phi) is 4.61. The molecule has 0 bridgehead atoms. The number of carboxylic acid groups (broad SMARTS) is 1. The summed E-state index contributed by atoms with van der Waals surface area (Å²) in [6, 6.07) is 5.35. The van der Waals surface area contributed by atoms with Crippen LogP contribution < -0.4 is 9.47 Å². The fourth-order valence-corrected chi connectivity index (χ4v) is 1.72. The Morgan fingerprint density at radius 2 is 1.88 bits per heavy atom. The largest absolute Gasteiger partial charge is 0.496 e. The van der Waals surface area contributed by atoms with Crippen LogP contribution >= 0.6 is 15.9 Å². The first-order valence-electron chi connectivity index (χ1n) is 4.67. The van der Waals surface area contributed by atoms with Gasteiger partial charge in [-0.15, -0.1) is 0 Å². The minimum Gasteiger partial charge on any atom is -0.496 e. The van der Waals surface area contributed by atoms with E-state index in [1.54, 1.807) is 32.4 Å². The van der Waals surface area contributed by atoms with Gasteiger partial charge < -0.3 is 14.6 Å². The number of halogens is 1. The van der Waals surface area contributed by atoms with Crippen molar-refractivity contribution in [3.05, 3.63) is 23.8 Å². The fraction of sp³-hybridized carbons (Fsp3) is 0.364. The molecule has 1 unspecified atom stereocenters. The van der Waals surface area contributed by atoms with Crippen molar-refractivity contribution in [3.8, 4) is 11.5 Å². The summed E-state index contributed by atoms with van der Waals surface area (Å²) in [5.41, 5.74) is 0.747. The maximum absolute atomic E-state index is 10.8. The summed E-state index contributed by atoms with van der Waals surface area (Å²) in [6.45, 7) is 0. The van der Waals surface area contributed by atoms with Gasteiger partial charge in [-0.1, -0.05) is 22.0 Å². The molecule has 0 aliphatic heterocycles. The number of carboxylic acids is 1.